The van der Waals surface area contributed by atoms with Crippen molar-refractivity contribution in [3.63, 3.8) is 0 Å². The summed E-state index contributed by atoms with van der Waals surface area (Å²) in [6.07, 6.45) is -5.63. The molecule has 2 aliphatic heterocycles. The van der Waals surface area contributed by atoms with Gasteiger partial charge in [-0.05, 0) is 60.3 Å². The molecule has 5 atom stereocenters. The number of aromatic carboxylic acids is 1. The molecule has 0 bridgehead atoms. The van der Waals surface area contributed by atoms with E-state index >= 15 is 0 Å². The zero-order chi connectivity index (χ0) is 46.7. The Bertz CT molecular complexity index is 2490. The SMILES string of the molecule is CC(=O)N[C@H]1C([C@H](OC(=O)NCCOCCOCCNC(=S)Nc2ccc(-c3c4ccc(=O)cc-4oc4cc(O)ccc34)c(C(=O)O)c2)[C@H](O)CO)OC(P(=O)(O)O)=C[C@@H]1N=C(N)N. The molecule has 1 unspecified atom stereocenters. The van der Waals surface area contributed by atoms with E-state index in [1.54, 1.807) is 24.3 Å². The van der Waals surface area contributed by atoms with Crippen LogP contribution >= 0.6 is 19.8 Å². The lowest BCUT2D eigenvalue weighted by Gasteiger charge is -2.40. The van der Waals surface area contributed by atoms with Crippen LogP contribution in [0.15, 0.2) is 80.4 Å². The van der Waals surface area contributed by atoms with Crippen LogP contribution in [0, 0.1) is 0 Å². The summed E-state index contributed by atoms with van der Waals surface area (Å²) in [6, 6.07) is 10.6. The summed E-state index contributed by atoms with van der Waals surface area (Å²) in [5, 5.41) is 52.0. The van der Waals surface area contributed by atoms with E-state index in [0.29, 0.717) is 27.8 Å². The Morgan fingerprint density at radius 1 is 0.969 bits per heavy atom. The first-order valence-corrected chi connectivity index (χ1v) is 21.2. The zero-order valence-electron chi connectivity index (χ0n) is 33.8. The Hall–Kier alpha value is -6.37. The van der Waals surface area contributed by atoms with Crippen LogP contribution < -0.4 is 38.2 Å². The summed E-state index contributed by atoms with van der Waals surface area (Å²) < 4.78 is 39.7. The number of aromatic hydroxyl groups is 1. The van der Waals surface area contributed by atoms with Crippen molar-refractivity contribution < 1.29 is 72.5 Å². The molecule has 2 amide bonds. The number of phenolic OH excluding ortho intramolecular Hbond substituents is 1. The van der Waals surface area contributed by atoms with Crippen molar-refractivity contribution in [1.29, 1.82) is 0 Å². The summed E-state index contributed by atoms with van der Waals surface area (Å²) in [4.78, 5) is 72.9. The number of nitrogens with two attached hydrogens (primary N) is 2. The van der Waals surface area contributed by atoms with Gasteiger partial charge in [-0.15, -0.1) is 0 Å². The second kappa shape index (κ2) is 21.8. The maximum absolute atomic E-state index is 12.7. The lowest BCUT2D eigenvalue weighted by molar-refractivity contribution is -0.126. The number of thiocarbonyl (C=S) groups is 1. The molecule has 2 aromatic rings. The van der Waals surface area contributed by atoms with E-state index in [1.807, 2.05) is 0 Å². The topological polar surface area (TPSA) is 369 Å². The lowest BCUT2D eigenvalue weighted by atomic mass is 9.90. The molecule has 0 radical (unpaired) electrons. The van der Waals surface area contributed by atoms with Crippen LogP contribution in [-0.4, -0.2) is 136 Å². The molecular formula is C39H46N7O16PS. The fourth-order valence-electron chi connectivity index (χ4n) is 6.58. The number of amides is 2. The van der Waals surface area contributed by atoms with Gasteiger partial charge in [0.05, 0.1) is 50.7 Å². The average molecular weight is 932 g/mol. The van der Waals surface area contributed by atoms with E-state index in [1.165, 1.54) is 30.3 Å². The molecule has 1 aliphatic carbocycles. The van der Waals surface area contributed by atoms with Crippen molar-refractivity contribution in [3.8, 4) is 28.2 Å². The molecule has 0 saturated carbocycles. The van der Waals surface area contributed by atoms with E-state index in [9.17, 15) is 54.0 Å². The molecule has 0 saturated heterocycles. The largest absolute Gasteiger partial charge is 0.508 e. The highest BCUT2D eigenvalue weighted by atomic mass is 32.1. The Labute approximate surface area is 368 Å². The van der Waals surface area contributed by atoms with Gasteiger partial charge in [-0.2, -0.15) is 0 Å². The normalized spacial score (nSPS) is 17.0. The average Bonchev–Trinajstić information content (AvgIpc) is 3.22. The minimum atomic E-state index is -5.11. The van der Waals surface area contributed by atoms with Gasteiger partial charge in [-0.1, -0.05) is 6.07 Å². The fraction of sp³-hybridized carbons (Fsp3) is 0.333. The molecule has 2 aromatic carbocycles. The maximum Gasteiger partial charge on any atom is 0.407 e. The van der Waals surface area contributed by atoms with Gasteiger partial charge in [0, 0.05) is 54.3 Å². The number of nitrogens with one attached hydrogen (secondary N) is 4. The predicted molar refractivity (Wildman–Crippen MR) is 233 cm³/mol. The highest BCUT2D eigenvalue weighted by Crippen LogP contribution is 2.49. The summed E-state index contributed by atoms with van der Waals surface area (Å²) in [5.74, 6) is -2.25. The van der Waals surface area contributed by atoms with Crippen LogP contribution in [0.3, 0.4) is 0 Å². The van der Waals surface area contributed by atoms with Crippen molar-refractivity contribution in [1.82, 2.24) is 16.0 Å². The molecule has 5 rings (SSSR count). The van der Waals surface area contributed by atoms with Crippen LogP contribution in [0.1, 0.15) is 17.3 Å². The Kier molecular flexibility index (Phi) is 16.6. The zero-order valence-corrected chi connectivity index (χ0v) is 35.5. The van der Waals surface area contributed by atoms with Gasteiger partial charge in [0.15, 0.2) is 28.7 Å². The van der Waals surface area contributed by atoms with Crippen molar-refractivity contribution in [3.05, 3.63) is 82.0 Å². The summed E-state index contributed by atoms with van der Waals surface area (Å²) >= 11 is 5.38. The smallest absolute Gasteiger partial charge is 0.407 e. The van der Waals surface area contributed by atoms with E-state index in [4.69, 9.17) is 47.0 Å². The number of carboxylic acid groups (broad SMARTS) is 1. The third-order valence-corrected chi connectivity index (χ3v) is 10.3. The van der Waals surface area contributed by atoms with Gasteiger partial charge in [0.1, 0.15) is 23.2 Å². The van der Waals surface area contributed by atoms with Crippen LogP contribution in [0.5, 0.6) is 5.75 Å². The molecule has 0 fully saturated rings. The van der Waals surface area contributed by atoms with Gasteiger partial charge in [-0.25, -0.2) is 14.6 Å². The maximum atomic E-state index is 12.7. The number of nitrogens with zero attached hydrogens (tertiary/aromatic N) is 1. The molecule has 64 heavy (non-hydrogen) atoms. The van der Waals surface area contributed by atoms with Crippen LogP contribution in [-0.2, 0) is 28.3 Å². The van der Waals surface area contributed by atoms with Crippen molar-refractivity contribution in [2.24, 2.45) is 16.5 Å². The lowest BCUT2D eigenvalue weighted by Crippen LogP contribution is -2.60. The number of phenols is 1. The molecule has 2 heterocycles. The van der Waals surface area contributed by atoms with Crippen molar-refractivity contribution in [2.45, 2.75) is 37.3 Å². The number of aliphatic hydroxyl groups is 2. The monoisotopic (exact) mass is 931 g/mol. The number of hydrogen-bond donors (Lipinski definition) is 12. The first kappa shape index (κ1) is 48.7. The number of fused-ring (bicyclic) bond motifs is 2. The number of rotatable bonds is 19. The van der Waals surface area contributed by atoms with E-state index < -0.39 is 74.0 Å². The number of aliphatic hydroxyl groups excluding tert-OH is 2. The van der Waals surface area contributed by atoms with Crippen LogP contribution in [0.25, 0.3) is 33.4 Å². The minimum absolute atomic E-state index is 0.0299. The standard InChI is InChI=1S/C39H46N7O16PS/c1-19(48)44-33-27(46-37(40)41)17-31(63(55,56)57)61-35(33)34(28(51)18-47)62-39(54)43-9-11-59-13-12-58-10-8-42-38(64)45-20-2-5-23(26(14-20)36(52)53)32-24-6-3-21(49)15-29(24)60-30-16-22(50)4-7-25(30)32/h2-7,14-17,27-28,33-35,47,49,51H,8-13,18H2,1H3,(H,43,54)(H,44,48)(H,52,53)(H4,40,41,46)(H2,42,45,64)(H2,55,56,57)/t27-,28+,33+,34+,35?/m0/s1. The van der Waals surface area contributed by atoms with Gasteiger partial charge in [0.25, 0.3) is 0 Å². The molecule has 3 aliphatic rings. The van der Waals surface area contributed by atoms with Gasteiger partial charge < -0.3 is 86.3 Å². The van der Waals surface area contributed by atoms with Crippen LogP contribution in [0.2, 0.25) is 0 Å². The van der Waals surface area contributed by atoms with E-state index in [0.717, 1.165) is 13.0 Å². The Balaban J connectivity index is 1.07. The quantitative estimate of drug-likeness (QED) is 0.0150. The molecule has 23 nitrogen and oxygen atoms in total. The first-order valence-electron chi connectivity index (χ1n) is 19.2. The highest BCUT2D eigenvalue weighted by molar-refractivity contribution is 7.80. The highest BCUT2D eigenvalue weighted by Gasteiger charge is 2.48. The third-order valence-electron chi connectivity index (χ3n) is 9.25. The predicted octanol–water partition coefficient (Wildman–Crippen LogP) is 0.301. The fourth-order valence-corrected chi connectivity index (χ4v) is 7.41. The minimum Gasteiger partial charge on any atom is -0.508 e. The third kappa shape index (κ3) is 12.9. The second-order valence-electron chi connectivity index (χ2n) is 13.9. The summed E-state index contributed by atoms with van der Waals surface area (Å²) in [5.41, 5.74) is 11.6. The molecule has 14 N–H and O–H groups in total. The molecule has 25 heteroatoms. The van der Waals surface area contributed by atoms with Crippen molar-refractivity contribution >= 4 is 65.5 Å². The number of carbonyl (C=O) groups excluding carboxylic acids is 2. The van der Waals surface area contributed by atoms with Gasteiger partial charge in [-0.3, -0.25) is 14.2 Å². The molecular weight excluding hydrogens is 886 g/mol. The number of aliphatic imine (C=N–C) groups is 1. The number of ether oxygens (including phenoxy) is 4. The van der Waals surface area contributed by atoms with Gasteiger partial charge >= 0.3 is 19.7 Å². The number of alkyl carbamates (subject to hydrolysis) is 1. The Morgan fingerprint density at radius 2 is 1.66 bits per heavy atom. The van der Waals surface area contributed by atoms with Crippen molar-refractivity contribution in [2.75, 3.05) is 51.4 Å². The molecule has 0 aromatic heterocycles. The number of carboxylic acids is 1. The second-order valence-corrected chi connectivity index (χ2v) is 15.9. The number of guanidine groups is 1. The first-order chi connectivity index (χ1) is 30.4. The van der Waals surface area contributed by atoms with Gasteiger partial charge in [0.2, 0.25) is 11.4 Å². The van der Waals surface area contributed by atoms with E-state index in [-0.39, 0.29) is 72.7 Å². The number of carbonyl (C=O) groups is 3. The molecule has 0 spiro atoms. The summed E-state index contributed by atoms with van der Waals surface area (Å²) in [6.45, 7) is 0.682. The molecule has 344 valence electrons. The summed E-state index contributed by atoms with van der Waals surface area (Å²) in [7, 11) is -5.11. The number of hydrogen-bond acceptors (Lipinski definition) is 15. The number of benzene rings is 3. The van der Waals surface area contributed by atoms with Crippen LogP contribution in [0.4, 0.5) is 10.5 Å². The van der Waals surface area contributed by atoms with E-state index in [2.05, 4.69) is 26.3 Å². The number of anilines is 1. The Morgan fingerprint density at radius 3 is 2.30 bits per heavy atom.